The summed E-state index contributed by atoms with van der Waals surface area (Å²) in [6.45, 7) is 0. The van der Waals surface area contributed by atoms with Gasteiger partial charge in [0.1, 0.15) is 16.9 Å². The van der Waals surface area contributed by atoms with Gasteiger partial charge < -0.3 is 19.7 Å². The number of rotatable bonds is 3. The second-order valence-electron chi connectivity index (χ2n) is 5.23. The van der Waals surface area contributed by atoms with E-state index in [1.165, 1.54) is 31.4 Å². The number of carbonyl (C=O) groups excluding carboxylic acids is 2. The van der Waals surface area contributed by atoms with Gasteiger partial charge in [-0.1, -0.05) is 42.5 Å². The van der Waals surface area contributed by atoms with E-state index >= 15 is 0 Å². The molecular weight excluding hydrogens is 324 g/mol. The lowest BCUT2D eigenvalue weighted by molar-refractivity contribution is -0.134. The summed E-state index contributed by atoms with van der Waals surface area (Å²) in [6.07, 6.45) is 0. The summed E-state index contributed by atoms with van der Waals surface area (Å²) in [5.74, 6) is -2.41. The first kappa shape index (κ1) is 16.3. The highest BCUT2D eigenvalue weighted by molar-refractivity contribution is 6.25. The molecule has 0 atom stereocenters. The van der Waals surface area contributed by atoms with Crippen LogP contribution in [0.1, 0.15) is 11.1 Å². The minimum atomic E-state index is -0.824. The Hall–Kier alpha value is -3.54. The molecule has 0 fully saturated rings. The Morgan fingerprint density at radius 1 is 1.04 bits per heavy atom. The molecule has 126 valence electrons. The van der Waals surface area contributed by atoms with Crippen LogP contribution in [0, 0.1) is 0 Å². The Morgan fingerprint density at radius 2 is 1.76 bits per heavy atom. The zero-order valence-electron chi connectivity index (χ0n) is 13.2. The maximum absolute atomic E-state index is 12.2. The molecular formula is C19H14O6. The third-order valence-corrected chi connectivity index (χ3v) is 3.66. The molecule has 0 spiro atoms. The fraction of sp³-hybridized carbons (Fsp3) is 0.0526. The number of phenols is 1. The van der Waals surface area contributed by atoms with Gasteiger partial charge in [0, 0.05) is 0 Å². The van der Waals surface area contributed by atoms with Crippen LogP contribution in [0.15, 0.2) is 66.1 Å². The summed E-state index contributed by atoms with van der Waals surface area (Å²) in [5.41, 5.74) is 0.503. The molecule has 0 saturated heterocycles. The Kier molecular flexibility index (Phi) is 4.26. The first-order valence-corrected chi connectivity index (χ1v) is 7.36. The molecule has 2 aromatic carbocycles. The van der Waals surface area contributed by atoms with Crippen molar-refractivity contribution in [2.24, 2.45) is 0 Å². The number of hydrogen-bond donors (Lipinski definition) is 2. The van der Waals surface area contributed by atoms with Crippen LogP contribution in [0.3, 0.4) is 0 Å². The van der Waals surface area contributed by atoms with Crippen molar-refractivity contribution in [3.63, 3.8) is 0 Å². The van der Waals surface area contributed by atoms with Crippen molar-refractivity contribution >= 4 is 23.1 Å². The molecule has 1 aliphatic heterocycles. The van der Waals surface area contributed by atoms with Crippen molar-refractivity contribution in [2.45, 2.75) is 0 Å². The molecule has 3 rings (SSSR count). The molecule has 0 saturated carbocycles. The van der Waals surface area contributed by atoms with Crippen LogP contribution in [0.4, 0.5) is 0 Å². The number of ether oxygens (including phenoxy) is 2. The number of benzene rings is 2. The zero-order chi connectivity index (χ0) is 18.0. The molecule has 2 aromatic rings. The van der Waals surface area contributed by atoms with E-state index in [9.17, 15) is 19.8 Å². The van der Waals surface area contributed by atoms with Crippen LogP contribution in [0.25, 0.3) is 11.1 Å². The molecule has 0 bridgehead atoms. The summed E-state index contributed by atoms with van der Waals surface area (Å²) >= 11 is 0. The predicted molar refractivity (Wildman–Crippen MR) is 89.1 cm³/mol. The number of cyclic esters (lactones) is 1. The number of esters is 2. The molecule has 6 heteroatoms. The van der Waals surface area contributed by atoms with E-state index in [0.717, 1.165) is 0 Å². The van der Waals surface area contributed by atoms with Gasteiger partial charge in [-0.15, -0.1) is 0 Å². The number of methoxy groups -OCH3 is 1. The highest BCUT2D eigenvalue weighted by Crippen LogP contribution is 2.37. The van der Waals surface area contributed by atoms with E-state index in [-0.39, 0.29) is 28.2 Å². The van der Waals surface area contributed by atoms with Gasteiger partial charge in [0.15, 0.2) is 11.5 Å². The maximum Gasteiger partial charge on any atom is 0.348 e. The quantitative estimate of drug-likeness (QED) is 0.660. The first-order valence-electron chi connectivity index (χ1n) is 7.36. The van der Waals surface area contributed by atoms with E-state index in [4.69, 9.17) is 9.47 Å². The highest BCUT2D eigenvalue weighted by Gasteiger charge is 2.36. The SMILES string of the molecule is COC(=O)/C(=C1/OC(=O)C(c2cccc(O)c2)=C1O)c1ccccc1. The summed E-state index contributed by atoms with van der Waals surface area (Å²) in [4.78, 5) is 24.4. The fourth-order valence-corrected chi connectivity index (χ4v) is 2.54. The summed E-state index contributed by atoms with van der Waals surface area (Å²) in [6, 6.07) is 14.2. The van der Waals surface area contributed by atoms with Crippen LogP contribution >= 0.6 is 0 Å². The molecule has 0 unspecified atom stereocenters. The number of aromatic hydroxyl groups is 1. The van der Waals surface area contributed by atoms with Gasteiger partial charge in [-0.3, -0.25) is 0 Å². The number of aliphatic hydroxyl groups is 1. The van der Waals surface area contributed by atoms with Crippen molar-refractivity contribution in [1.29, 1.82) is 0 Å². The van der Waals surface area contributed by atoms with Gasteiger partial charge in [-0.25, -0.2) is 9.59 Å². The summed E-state index contributed by atoms with van der Waals surface area (Å²) < 4.78 is 9.92. The summed E-state index contributed by atoms with van der Waals surface area (Å²) in [7, 11) is 1.19. The van der Waals surface area contributed by atoms with Crippen molar-refractivity contribution in [3.8, 4) is 5.75 Å². The van der Waals surface area contributed by atoms with E-state index in [0.29, 0.717) is 5.56 Å². The maximum atomic E-state index is 12.2. The lowest BCUT2D eigenvalue weighted by atomic mass is 10.0. The Bertz CT molecular complexity index is 909. The minimum absolute atomic E-state index is 0.0656. The molecule has 0 aliphatic carbocycles. The molecule has 2 N–H and O–H groups in total. The van der Waals surface area contributed by atoms with E-state index in [1.54, 1.807) is 30.3 Å². The van der Waals surface area contributed by atoms with E-state index in [2.05, 4.69) is 0 Å². The molecule has 1 aliphatic rings. The van der Waals surface area contributed by atoms with Crippen molar-refractivity contribution < 1.29 is 29.3 Å². The van der Waals surface area contributed by atoms with Gasteiger partial charge in [0.05, 0.1) is 7.11 Å². The molecule has 6 nitrogen and oxygen atoms in total. The van der Waals surface area contributed by atoms with Crippen molar-refractivity contribution in [2.75, 3.05) is 7.11 Å². The molecule has 25 heavy (non-hydrogen) atoms. The van der Waals surface area contributed by atoms with Crippen LogP contribution in [-0.4, -0.2) is 29.3 Å². The first-order chi connectivity index (χ1) is 12.0. The Labute approximate surface area is 143 Å². The second-order valence-corrected chi connectivity index (χ2v) is 5.23. The standard InChI is InChI=1S/C19H14O6/c1-24-18(22)15(11-6-3-2-4-7-11)17-16(21)14(19(23)25-17)12-8-5-9-13(20)10-12/h2-10,20-21H,1H3/b17-15+. The third kappa shape index (κ3) is 2.97. The van der Waals surface area contributed by atoms with E-state index < -0.39 is 17.7 Å². The van der Waals surface area contributed by atoms with Crippen LogP contribution in [-0.2, 0) is 19.1 Å². The Balaban J connectivity index is 2.22. The Morgan fingerprint density at radius 3 is 2.40 bits per heavy atom. The predicted octanol–water partition coefficient (Wildman–Crippen LogP) is 2.80. The number of aliphatic hydroxyl groups excluding tert-OH is 1. The zero-order valence-corrected chi connectivity index (χ0v) is 13.2. The van der Waals surface area contributed by atoms with Crippen molar-refractivity contribution in [1.82, 2.24) is 0 Å². The van der Waals surface area contributed by atoms with Gasteiger partial charge in [-0.2, -0.15) is 0 Å². The van der Waals surface area contributed by atoms with Crippen LogP contribution < -0.4 is 0 Å². The van der Waals surface area contributed by atoms with E-state index in [1.807, 2.05) is 0 Å². The smallest absolute Gasteiger partial charge is 0.348 e. The van der Waals surface area contributed by atoms with Crippen LogP contribution in [0.2, 0.25) is 0 Å². The fourth-order valence-electron chi connectivity index (χ4n) is 2.54. The average molecular weight is 338 g/mol. The lowest BCUT2D eigenvalue weighted by Crippen LogP contribution is -2.09. The second kappa shape index (κ2) is 6.52. The number of carbonyl (C=O) groups is 2. The number of hydrogen-bond acceptors (Lipinski definition) is 6. The van der Waals surface area contributed by atoms with Gasteiger partial charge in [0.25, 0.3) is 0 Å². The molecule has 1 heterocycles. The molecule has 0 aromatic heterocycles. The largest absolute Gasteiger partial charge is 0.508 e. The highest BCUT2D eigenvalue weighted by atomic mass is 16.6. The van der Waals surface area contributed by atoms with Crippen molar-refractivity contribution in [3.05, 3.63) is 77.2 Å². The topological polar surface area (TPSA) is 93.1 Å². The molecule has 0 radical (unpaired) electrons. The minimum Gasteiger partial charge on any atom is -0.508 e. The molecule has 0 amide bonds. The monoisotopic (exact) mass is 338 g/mol. The van der Waals surface area contributed by atoms with Gasteiger partial charge in [-0.05, 0) is 23.3 Å². The van der Waals surface area contributed by atoms with Gasteiger partial charge in [0.2, 0.25) is 0 Å². The average Bonchev–Trinajstić information content (AvgIpc) is 2.90. The lowest BCUT2D eigenvalue weighted by Gasteiger charge is -2.09. The third-order valence-electron chi connectivity index (χ3n) is 3.66. The normalized spacial score (nSPS) is 15.8. The van der Waals surface area contributed by atoms with Gasteiger partial charge >= 0.3 is 11.9 Å². The summed E-state index contributed by atoms with van der Waals surface area (Å²) in [5, 5.41) is 20.1. The number of phenolic OH excluding ortho intramolecular Hbond substituents is 1. The van der Waals surface area contributed by atoms with Crippen LogP contribution in [0.5, 0.6) is 5.75 Å².